The molecule has 0 rings (SSSR count). The Bertz CT molecular complexity index is 167. The fraction of sp³-hybridized carbons (Fsp3) is 0.875. The molecule has 0 spiro atoms. The molecule has 4 N–H and O–H groups in total. The van der Waals surface area contributed by atoms with Crippen molar-refractivity contribution in [3.8, 4) is 0 Å². The van der Waals surface area contributed by atoms with E-state index < -0.39 is 19.1 Å². The third-order valence-corrected chi connectivity index (χ3v) is 1.66. The zero-order chi connectivity index (χ0) is 11.0. The Morgan fingerprint density at radius 1 is 1.43 bits per heavy atom. The maximum atomic E-state index is 11.8. The maximum Gasteiger partial charge on any atom is 0.265 e. The van der Waals surface area contributed by atoms with Crippen molar-refractivity contribution in [3.05, 3.63) is 0 Å². The van der Waals surface area contributed by atoms with E-state index in [0.29, 0.717) is 13.0 Å². The van der Waals surface area contributed by atoms with Crippen LogP contribution in [0.25, 0.3) is 0 Å². The third kappa shape index (κ3) is 6.73. The second kappa shape index (κ2) is 7.64. The van der Waals surface area contributed by atoms with Crippen LogP contribution in [-0.4, -0.2) is 36.6 Å². The van der Waals surface area contributed by atoms with Crippen LogP contribution in [0, 0.1) is 0 Å². The molecule has 0 aliphatic heterocycles. The van der Waals surface area contributed by atoms with Crippen LogP contribution in [0.5, 0.6) is 0 Å². The van der Waals surface area contributed by atoms with E-state index in [1.165, 1.54) is 0 Å². The summed E-state index contributed by atoms with van der Waals surface area (Å²) in [5.41, 5.74) is 5.21. The average Bonchev–Trinajstić information content (AvgIpc) is 2.14. The summed E-state index contributed by atoms with van der Waals surface area (Å²) < 4.78 is 23.5. The first-order valence-electron chi connectivity index (χ1n) is 4.51. The molecule has 1 atom stereocenters. The van der Waals surface area contributed by atoms with Crippen molar-refractivity contribution in [2.45, 2.75) is 31.8 Å². The molecular formula is C8H16F2N2O2. The molecule has 0 saturated carbocycles. The van der Waals surface area contributed by atoms with Gasteiger partial charge in [-0.05, 0) is 19.4 Å². The van der Waals surface area contributed by atoms with E-state index in [-0.39, 0.29) is 12.3 Å². The summed E-state index contributed by atoms with van der Waals surface area (Å²) in [5.74, 6) is -0.335. The molecule has 0 aromatic rings. The number of carbonyl (C=O) groups excluding carboxylic acids is 1. The lowest BCUT2D eigenvalue weighted by molar-refractivity contribution is -0.122. The minimum atomic E-state index is -2.82. The number of halogens is 2. The lowest BCUT2D eigenvalue weighted by atomic mass is 10.2. The van der Waals surface area contributed by atoms with Crippen LogP contribution in [0.15, 0.2) is 0 Å². The smallest absolute Gasteiger partial charge is 0.265 e. The molecule has 0 heterocycles. The number of alkyl halides is 2. The van der Waals surface area contributed by atoms with Gasteiger partial charge in [-0.3, -0.25) is 4.79 Å². The van der Waals surface area contributed by atoms with Crippen molar-refractivity contribution >= 4 is 5.91 Å². The number of carbonyl (C=O) groups is 1. The van der Waals surface area contributed by atoms with Gasteiger partial charge >= 0.3 is 0 Å². The first-order valence-corrected chi connectivity index (χ1v) is 4.51. The SMILES string of the molecule is NCCCCC(=O)NCC(O)C(F)F. The second-order valence-corrected chi connectivity index (χ2v) is 2.95. The molecule has 14 heavy (non-hydrogen) atoms. The highest BCUT2D eigenvalue weighted by Crippen LogP contribution is 1.99. The van der Waals surface area contributed by atoms with Gasteiger partial charge < -0.3 is 16.2 Å². The molecule has 0 fully saturated rings. The topological polar surface area (TPSA) is 75.4 Å². The molecule has 0 aromatic carbocycles. The number of hydrogen-bond acceptors (Lipinski definition) is 3. The zero-order valence-electron chi connectivity index (χ0n) is 7.88. The molecule has 1 unspecified atom stereocenters. The van der Waals surface area contributed by atoms with Crippen molar-refractivity contribution < 1.29 is 18.7 Å². The van der Waals surface area contributed by atoms with Gasteiger partial charge in [-0.25, -0.2) is 8.78 Å². The first kappa shape index (κ1) is 13.2. The summed E-state index contributed by atoms with van der Waals surface area (Å²) in [6.07, 6.45) is -2.99. The number of aliphatic hydroxyl groups is 1. The van der Waals surface area contributed by atoms with E-state index in [4.69, 9.17) is 10.8 Å². The van der Waals surface area contributed by atoms with E-state index in [0.717, 1.165) is 6.42 Å². The van der Waals surface area contributed by atoms with Crippen LogP contribution in [0.4, 0.5) is 8.78 Å². The Morgan fingerprint density at radius 2 is 2.07 bits per heavy atom. The highest BCUT2D eigenvalue weighted by Gasteiger charge is 2.16. The standard InChI is InChI=1S/C8H16F2N2O2/c9-8(10)6(13)5-12-7(14)3-1-2-4-11/h6,8,13H,1-5,11H2,(H,12,14). The lowest BCUT2D eigenvalue weighted by Crippen LogP contribution is -2.35. The quantitative estimate of drug-likeness (QED) is 0.512. The van der Waals surface area contributed by atoms with Gasteiger partial charge in [0.2, 0.25) is 5.91 Å². The van der Waals surface area contributed by atoms with Gasteiger partial charge in [0, 0.05) is 13.0 Å². The number of unbranched alkanes of at least 4 members (excludes halogenated alkanes) is 1. The highest BCUT2D eigenvalue weighted by molar-refractivity contribution is 5.75. The average molecular weight is 210 g/mol. The van der Waals surface area contributed by atoms with E-state index in [2.05, 4.69) is 5.32 Å². The predicted octanol–water partition coefficient (Wildman–Crippen LogP) is -0.142. The van der Waals surface area contributed by atoms with Crippen molar-refractivity contribution in [3.63, 3.8) is 0 Å². The Hall–Kier alpha value is -0.750. The molecule has 0 radical (unpaired) electrons. The van der Waals surface area contributed by atoms with Crippen LogP contribution in [0.3, 0.4) is 0 Å². The Kier molecular flexibility index (Phi) is 7.23. The summed E-state index contributed by atoms with van der Waals surface area (Å²) in [6, 6.07) is 0. The molecule has 0 bridgehead atoms. The van der Waals surface area contributed by atoms with Crippen LogP contribution < -0.4 is 11.1 Å². The number of amides is 1. The number of nitrogens with two attached hydrogens (primary N) is 1. The fourth-order valence-corrected chi connectivity index (χ4v) is 0.826. The van der Waals surface area contributed by atoms with E-state index in [1.807, 2.05) is 0 Å². The Balaban J connectivity index is 3.44. The molecule has 84 valence electrons. The number of nitrogens with one attached hydrogen (secondary N) is 1. The molecule has 0 aliphatic rings. The number of aliphatic hydroxyl groups excluding tert-OH is 1. The largest absolute Gasteiger partial charge is 0.385 e. The van der Waals surface area contributed by atoms with Crippen molar-refractivity contribution in [2.75, 3.05) is 13.1 Å². The van der Waals surface area contributed by atoms with Crippen LogP contribution >= 0.6 is 0 Å². The fourth-order valence-electron chi connectivity index (χ4n) is 0.826. The Morgan fingerprint density at radius 3 is 2.57 bits per heavy atom. The van der Waals surface area contributed by atoms with Gasteiger partial charge in [0.1, 0.15) is 6.10 Å². The normalized spacial score (nSPS) is 12.9. The van der Waals surface area contributed by atoms with E-state index in [1.54, 1.807) is 0 Å². The molecule has 0 saturated heterocycles. The molecule has 6 heteroatoms. The van der Waals surface area contributed by atoms with Gasteiger partial charge in [0.05, 0.1) is 0 Å². The van der Waals surface area contributed by atoms with Crippen molar-refractivity contribution in [2.24, 2.45) is 5.73 Å². The minimum absolute atomic E-state index is 0.257. The monoisotopic (exact) mass is 210 g/mol. The highest BCUT2D eigenvalue weighted by atomic mass is 19.3. The number of rotatable bonds is 7. The molecule has 4 nitrogen and oxygen atoms in total. The van der Waals surface area contributed by atoms with Gasteiger partial charge in [0.25, 0.3) is 6.43 Å². The van der Waals surface area contributed by atoms with Crippen LogP contribution in [-0.2, 0) is 4.79 Å². The summed E-state index contributed by atoms with van der Waals surface area (Å²) in [6.45, 7) is 0.103. The van der Waals surface area contributed by atoms with Crippen LogP contribution in [0.2, 0.25) is 0 Å². The summed E-state index contributed by atoms with van der Waals surface area (Å²) in [7, 11) is 0. The minimum Gasteiger partial charge on any atom is -0.385 e. The second-order valence-electron chi connectivity index (χ2n) is 2.95. The summed E-state index contributed by atoms with van der Waals surface area (Å²) in [5, 5.41) is 10.9. The molecule has 0 aliphatic carbocycles. The molecular weight excluding hydrogens is 194 g/mol. The third-order valence-electron chi connectivity index (χ3n) is 1.66. The number of hydrogen-bond donors (Lipinski definition) is 3. The molecule has 1 amide bonds. The van der Waals surface area contributed by atoms with Crippen molar-refractivity contribution in [1.29, 1.82) is 0 Å². The summed E-state index contributed by atoms with van der Waals surface area (Å²) in [4.78, 5) is 10.9. The van der Waals surface area contributed by atoms with Gasteiger partial charge in [0.15, 0.2) is 0 Å². The van der Waals surface area contributed by atoms with Crippen LogP contribution in [0.1, 0.15) is 19.3 Å². The predicted molar refractivity (Wildman–Crippen MR) is 47.9 cm³/mol. The molecule has 0 aromatic heterocycles. The van der Waals surface area contributed by atoms with Gasteiger partial charge in [-0.15, -0.1) is 0 Å². The Labute approximate surface area is 81.5 Å². The first-order chi connectivity index (χ1) is 6.57. The zero-order valence-corrected chi connectivity index (χ0v) is 7.88. The summed E-state index contributed by atoms with van der Waals surface area (Å²) >= 11 is 0. The van der Waals surface area contributed by atoms with Gasteiger partial charge in [-0.2, -0.15) is 0 Å². The van der Waals surface area contributed by atoms with E-state index >= 15 is 0 Å². The van der Waals surface area contributed by atoms with Gasteiger partial charge in [-0.1, -0.05) is 0 Å². The van der Waals surface area contributed by atoms with Crippen molar-refractivity contribution in [1.82, 2.24) is 5.32 Å². The maximum absolute atomic E-state index is 11.8. The lowest BCUT2D eigenvalue weighted by Gasteiger charge is -2.10. The van der Waals surface area contributed by atoms with E-state index in [9.17, 15) is 13.6 Å².